The maximum Gasteiger partial charge on any atom is 0.00463 e. The molecule has 0 bridgehead atoms. The van der Waals surface area contributed by atoms with Crippen LogP contribution in [-0.4, -0.2) is 6.54 Å². The number of benzene rings is 2. The number of thiol groups is 1. The second-order valence-electron chi connectivity index (χ2n) is 3.32. The average Bonchev–Trinajstić information content (AvgIpc) is 2.29. The van der Waals surface area contributed by atoms with Crippen molar-refractivity contribution in [3.8, 4) is 0 Å². The van der Waals surface area contributed by atoms with Crippen LogP contribution in [0.3, 0.4) is 0 Å². The molecule has 2 aromatic rings. The zero-order chi connectivity index (χ0) is 11.1. The molecule has 0 saturated carbocycles. The Balaban J connectivity index is 0.000000245. The second kappa shape index (κ2) is 6.49. The Kier molecular flexibility index (Phi) is 5.22. The average molecular weight is 219 g/mol. The molecule has 0 heterocycles. The maximum absolute atomic E-state index is 5.03. The molecule has 0 saturated heterocycles. The van der Waals surface area contributed by atoms with Gasteiger partial charge in [0.05, 0.1) is 0 Å². The highest BCUT2D eigenvalue weighted by Crippen LogP contribution is 2.17. The first-order valence-corrected chi connectivity index (χ1v) is 5.60. The van der Waals surface area contributed by atoms with Crippen molar-refractivity contribution in [3.63, 3.8) is 0 Å². The lowest BCUT2D eigenvalue weighted by Crippen LogP contribution is -1.93. The first-order chi connectivity index (χ1) is 7.27. The van der Waals surface area contributed by atoms with Crippen LogP contribution < -0.4 is 5.73 Å². The standard InChI is InChI=1S/C10H8S.C3H9N/c11-10-6-5-8-3-1-2-4-9(8)7-10;1-2-3-4/h1-7,11H;2-4H2,1H3. The molecule has 1 nitrogen and oxygen atoms in total. The molecule has 80 valence electrons. The molecule has 0 spiro atoms. The summed E-state index contributed by atoms with van der Waals surface area (Å²) in [7, 11) is 0. The topological polar surface area (TPSA) is 26.0 Å². The highest BCUT2D eigenvalue weighted by atomic mass is 32.1. The van der Waals surface area contributed by atoms with Crippen molar-refractivity contribution in [3.05, 3.63) is 42.5 Å². The lowest BCUT2D eigenvalue weighted by molar-refractivity contribution is 0.932. The summed E-state index contributed by atoms with van der Waals surface area (Å²) in [6.07, 6.45) is 1.10. The van der Waals surface area contributed by atoms with Gasteiger partial charge in [-0.2, -0.15) is 0 Å². The monoisotopic (exact) mass is 219 g/mol. The van der Waals surface area contributed by atoms with Crippen molar-refractivity contribution in [2.45, 2.75) is 18.2 Å². The zero-order valence-electron chi connectivity index (χ0n) is 8.98. The molecule has 2 N–H and O–H groups in total. The Morgan fingerprint density at radius 2 is 1.67 bits per heavy atom. The lowest BCUT2D eigenvalue weighted by atomic mass is 10.1. The van der Waals surface area contributed by atoms with Crippen molar-refractivity contribution in [1.29, 1.82) is 0 Å². The minimum absolute atomic E-state index is 0.819. The summed E-state index contributed by atoms with van der Waals surface area (Å²) in [4.78, 5) is 1.02. The fraction of sp³-hybridized carbons (Fsp3) is 0.231. The summed E-state index contributed by atoms with van der Waals surface area (Å²) >= 11 is 4.26. The van der Waals surface area contributed by atoms with Crippen LogP contribution in [0.15, 0.2) is 47.4 Å². The molecule has 2 heteroatoms. The van der Waals surface area contributed by atoms with Crippen molar-refractivity contribution in [2.24, 2.45) is 5.73 Å². The minimum Gasteiger partial charge on any atom is -0.330 e. The molecule has 0 aliphatic rings. The van der Waals surface area contributed by atoms with Crippen molar-refractivity contribution in [2.75, 3.05) is 6.54 Å². The summed E-state index contributed by atoms with van der Waals surface area (Å²) in [5.74, 6) is 0. The van der Waals surface area contributed by atoms with E-state index in [1.54, 1.807) is 0 Å². The van der Waals surface area contributed by atoms with Crippen LogP contribution >= 0.6 is 12.6 Å². The van der Waals surface area contributed by atoms with Gasteiger partial charge in [-0.1, -0.05) is 37.3 Å². The van der Waals surface area contributed by atoms with Gasteiger partial charge >= 0.3 is 0 Å². The Labute approximate surface area is 96.7 Å². The van der Waals surface area contributed by atoms with E-state index in [0.717, 1.165) is 17.9 Å². The van der Waals surface area contributed by atoms with Crippen molar-refractivity contribution in [1.82, 2.24) is 0 Å². The summed E-state index contributed by atoms with van der Waals surface area (Å²) in [6.45, 7) is 2.88. The normalized spacial score (nSPS) is 9.53. The van der Waals surface area contributed by atoms with Crippen molar-refractivity contribution < 1.29 is 0 Å². The highest BCUT2D eigenvalue weighted by Gasteiger charge is 1.90. The summed E-state index contributed by atoms with van der Waals surface area (Å²) < 4.78 is 0. The van der Waals surface area contributed by atoms with Gasteiger partial charge in [0.25, 0.3) is 0 Å². The van der Waals surface area contributed by atoms with E-state index < -0.39 is 0 Å². The molecule has 2 rings (SSSR count). The van der Waals surface area contributed by atoms with E-state index in [1.807, 2.05) is 18.2 Å². The summed E-state index contributed by atoms with van der Waals surface area (Å²) in [5.41, 5.74) is 5.03. The third-order valence-corrected chi connectivity index (χ3v) is 2.30. The number of rotatable bonds is 1. The Bertz CT molecular complexity index is 410. The van der Waals surface area contributed by atoms with Gasteiger partial charge in [0, 0.05) is 4.90 Å². The lowest BCUT2D eigenvalue weighted by Gasteiger charge is -1.96. The van der Waals surface area contributed by atoms with E-state index in [4.69, 9.17) is 5.73 Å². The molecule has 0 aliphatic heterocycles. The zero-order valence-corrected chi connectivity index (χ0v) is 9.87. The number of hydrogen-bond donors (Lipinski definition) is 2. The molecule has 0 unspecified atom stereocenters. The first-order valence-electron chi connectivity index (χ1n) is 5.15. The van der Waals surface area contributed by atoms with E-state index in [2.05, 4.69) is 43.8 Å². The van der Waals surface area contributed by atoms with Crippen LogP contribution in [0.5, 0.6) is 0 Å². The predicted molar refractivity (Wildman–Crippen MR) is 70.5 cm³/mol. The third-order valence-electron chi connectivity index (χ3n) is 2.02. The van der Waals surface area contributed by atoms with Gasteiger partial charge in [-0.25, -0.2) is 0 Å². The van der Waals surface area contributed by atoms with Crippen LogP contribution in [0, 0.1) is 0 Å². The van der Waals surface area contributed by atoms with Gasteiger partial charge in [-0.15, -0.1) is 12.6 Å². The predicted octanol–water partition coefficient (Wildman–Crippen LogP) is 3.48. The minimum atomic E-state index is 0.819. The number of nitrogens with two attached hydrogens (primary N) is 1. The van der Waals surface area contributed by atoms with Gasteiger partial charge in [-0.3, -0.25) is 0 Å². The van der Waals surface area contributed by atoms with Crippen LogP contribution in [0.25, 0.3) is 10.8 Å². The van der Waals surface area contributed by atoms with Crippen molar-refractivity contribution >= 4 is 23.4 Å². The Hall–Kier alpha value is -0.990. The van der Waals surface area contributed by atoms with E-state index in [9.17, 15) is 0 Å². The molecular formula is C13H17NS. The number of hydrogen-bond acceptors (Lipinski definition) is 2. The summed E-state index contributed by atoms with van der Waals surface area (Å²) in [5, 5.41) is 2.52. The fourth-order valence-corrected chi connectivity index (χ4v) is 1.39. The smallest absolute Gasteiger partial charge is 0.00463 e. The van der Waals surface area contributed by atoms with Gasteiger partial charge < -0.3 is 5.73 Å². The van der Waals surface area contributed by atoms with Gasteiger partial charge in [0.2, 0.25) is 0 Å². The van der Waals surface area contributed by atoms with Gasteiger partial charge in [-0.05, 0) is 35.9 Å². The molecule has 0 radical (unpaired) electrons. The second-order valence-corrected chi connectivity index (χ2v) is 3.84. The SMILES string of the molecule is CCCN.Sc1ccc2ccccc2c1. The molecule has 15 heavy (non-hydrogen) atoms. The fourth-order valence-electron chi connectivity index (χ4n) is 1.18. The number of fused-ring (bicyclic) bond motifs is 1. The van der Waals surface area contributed by atoms with E-state index in [1.165, 1.54) is 10.8 Å². The first kappa shape index (κ1) is 12.1. The van der Waals surface area contributed by atoms with Crippen LogP contribution in [-0.2, 0) is 0 Å². The largest absolute Gasteiger partial charge is 0.330 e. The Morgan fingerprint density at radius 1 is 1.07 bits per heavy atom. The molecule has 0 amide bonds. The van der Waals surface area contributed by atoms with Crippen LogP contribution in [0.4, 0.5) is 0 Å². The Morgan fingerprint density at radius 3 is 2.27 bits per heavy atom. The van der Waals surface area contributed by atoms with Gasteiger partial charge in [0.1, 0.15) is 0 Å². The molecule has 2 aromatic carbocycles. The van der Waals surface area contributed by atoms with E-state index in [0.29, 0.717) is 0 Å². The molecule has 0 aromatic heterocycles. The maximum atomic E-state index is 5.03. The van der Waals surface area contributed by atoms with Crippen LogP contribution in [0.2, 0.25) is 0 Å². The van der Waals surface area contributed by atoms with E-state index >= 15 is 0 Å². The molecule has 0 atom stereocenters. The molecule has 0 fully saturated rings. The quantitative estimate of drug-likeness (QED) is 0.706. The molecule has 0 aliphatic carbocycles. The van der Waals surface area contributed by atoms with Crippen LogP contribution in [0.1, 0.15) is 13.3 Å². The highest BCUT2D eigenvalue weighted by molar-refractivity contribution is 7.80. The summed E-state index contributed by atoms with van der Waals surface area (Å²) in [6, 6.07) is 14.4. The molecular weight excluding hydrogens is 202 g/mol. The third kappa shape index (κ3) is 3.94. The van der Waals surface area contributed by atoms with Gasteiger partial charge in [0.15, 0.2) is 0 Å². The van der Waals surface area contributed by atoms with E-state index in [-0.39, 0.29) is 0 Å².